The highest BCUT2D eigenvalue weighted by Crippen LogP contribution is 2.33. The molecule has 0 bridgehead atoms. The fourth-order valence-corrected chi connectivity index (χ4v) is 3.33. The van der Waals surface area contributed by atoms with Crippen LogP contribution in [-0.4, -0.2) is 22.2 Å². The summed E-state index contributed by atoms with van der Waals surface area (Å²) in [5.41, 5.74) is 3.63. The number of nitrogens with one attached hydrogen (secondary N) is 1. The molecule has 1 aromatic carbocycles. The van der Waals surface area contributed by atoms with E-state index in [2.05, 4.69) is 49.1 Å². The van der Waals surface area contributed by atoms with Gasteiger partial charge in [-0.05, 0) is 30.5 Å². The number of ether oxygens (including phenoxy) is 1. The molecule has 2 aliphatic rings. The monoisotopic (exact) mass is 347 g/mol. The fourth-order valence-electron chi connectivity index (χ4n) is 2.78. The molecule has 2 heterocycles. The van der Waals surface area contributed by atoms with Gasteiger partial charge in [0.2, 0.25) is 0 Å². The van der Waals surface area contributed by atoms with Crippen molar-refractivity contribution in [3.05, 3.63) is 46.0 Å². The van der Waals surface area contributed by atoms with E-state index in [0.717, 1.165) is 48.1 Å². The summed E-state index contributed by atoms with van der Waals surface area (Å²) in [6.07, 6.45) is 7.65. The molecule has 0 saturated heterocycles. The summed E-state index contributed by atoms with van der Waals surface area (Å²) in [5.74, 6) is 1.06. The quantitative estimate of drug-likeness (QED) is 0.903. The number of nitrogens with zero attached hydrogens (tertiary/aromatic N) is 2. The van der Waals surface area contributed by atoms with Crippen LogP contribution in [0.4, 0.5) is 0 Å². The lowest BCUT2D eigenvalue weighted by Gasteiger charge is -2.09. The summed E-state index contributed by atoms with van der Waals surface area (Å²) in [6.45, 7) is 2.46. The Morgan fingerprint density at radius 1 is 1.38 bits per heavy atom. The van der Waals surface area contributed by atoms with E-state index in [1.165, 1.54) is 24.0 Å². The number of halogens is 1. The Morgan fingerprint density at radius 2 is 2.29 bits per heavy atom. The number of hydrogen-bond donors (Lipinski definition) is 1. The van der Waals surface area contributed by atoms with Crippen molar-refractivity contribution in [3.63, 3.8) is 0 Å². The lowest BCUT2D eigenvalue weighted by atomic mass is 10.1. The zero-order chi connectivity index (χ0) is 14.2. The van der Waals surface area contributed by atoms with Crippen molar-refractivity contribution in [2.75, 3.05) is 6.61 Å². The predicted molar refractivity (Wildman–Crippen MR) is 84.5 cm³/mol. The van der Waals surface area contributed by atoms with E-state index in [1.54, 1.807) is 0 Å². The van der Waals surface area contributed by atoms with Crippen LogP contribution in [0.3, 0.4) is 0 Å². The molecule has 4 nitrogen and oxygen atoms in total. The average Bonchev–Trinajstić information content (AvgIpc) is 2.98. The molecular formula is C16H18BrN3O. The Labute approximate surface area is 132 Å². The highest BCUT2D eigenvalue weighted by molar-refractivity contribution is 9.10. The third-order valence-corrected chi connectivity index (χ3v) is 4.47. The number of hydrogen-bond acceptors (Lipinski definition) is 3. The van der Waals surface area contributed by atoms with Crippen molar-refractivity contribution in [1.29, 1.82) is 0 Å². The van der Waals surface area contributed by atoms with Gasteiger partial charge in [-0.3, -0.25) is 0 Å². The topological polar surface area (TPSA) is 39.1 Å². The van der Waals surface area contributed by atoms with E-state index in [9.17, 15) is 0 Å². The van der Waals surface area contributed by atoms with Crippen LogP contribution in [0.5, 0.6) is 5.75 Å². The molecular weight excluding hydrogens is 330 g/mol. The second kappa shape index (κ2) is 5.46. The van der Waals surface area contributed by atoms with Gasteiger partial charge in [-0.15, -0.1) is 0 Å². The highest BCUT2D eigenvalue weighted by Gasteiger charge is 2.20. The largest absolute Gasteiger partial charge is 0.493 e. The van der Waals surface area contributed by atoms with Gasteiger partial charge in [0.1, 0.15) is 5.75 Å². The van der Waals surface area contributed by atoms with Crippen LogP contribution in [-0.2, 0) is 19.5 Å². The van der Waals surface area contributed by atoms with E-state index in [1.807, 2.05) is 6.33 Å². The highest BCUT2D eigenvalue weighted by atomic mass is 79.9. The lowest BCUT2D eigenvalue weighted by molar-refractivity contribution is 0.352. The molecule has 5 heteroatoms. The van der Waals surface area contributed by atoms with Crippen LogP contribution < -0.4 is 10.1 Å². The molecule has 2 aromatic rings. The maximum Gasteiger partial charge on any atom is 0.127 e. The summed E-state index contributed by atoms with van der Waals surface area (Å²) < 4.78 is 9.04. The molecule has 0 atom stereocenters. The molecule has 1 aliphatic heterocycles. The number of benzene rings is 1. The van der Waals surface area contributed by atoms with Gasteiger partial charge in [0.05, 0.1) is 25.2 Å². The predicted octanol–water partition coefficient (Wildman–Crippen LogP) is 2.88. The SMILES string of the molecule is Brc1cc2c(c(Cn3cnc(CNC4CC4)c3)c1)OCC2. The van der Waals surface area contributed by atoms with Crippen LogP contribution in [0, 0.1) is 0 Å². The minimum atomic E-state index is 0.719. The van der Waals surface area contributed by atoms with Gasteiger partial charge in [-0.2, -0.15) is 0 Å². The molecule has 1 saturated carbocycles. The van der Waals surface area contributed by atoms with Crippen molar-refractivity contribution in [2.24, 2.45) is 0 Å². The van der Waals surface area contributed by atoms with Crippen molar-refractivity contribution < 1.29 is 4.74 Å². The fraction of sp³-hybridized carbons (Fsp3) is 0.438. The Balaban J connectivity index is 1.50. The van der Waals surface area contributed by atoms with E-state index in [4.69, 9.17) is 4.74 Å². The van der Waals surface area contributed by atoms with E-state index >= 15 is 0 Å². The Morgan fingerprint density at radius 3 is 3.14 bits per heavy atom. The molecule has 1 N–H and O–H groups in total. The minimum absolute atomic E-state index is 0.719. The van der Waals surface area contributed by atoms with Crippen LogP contribution in [0.15, 0.2) is 29.1 Å². The van der Waals surface area contributed by atoms with Crippen LogP contribution in [0.25, 0.3) is 0 Å². The number of rotatable bonds is 5. The van der Waals surface area contributed by atoms with Crippen molar-refractivity contribution >= 4 is 15.9 Å². The number of aromatic nitrogens is 2. The van der Waals surface area contributed by atoms with Gasteiger partial charge in [0, 0.05) is 35.2 Å². The van der Waals surface area contributed by atoms with E-state index < -0.39 is 0 Å². The molecule has 110 valence electrons. The van der Waals surface area contributed by atoms with Gasteiger partial charge in [0.15, 0.2) is 0 Å². The maximum absolute atomic E-state index is 5.78. The van der Waals surface area contributed by atoms with Gasteiger partial charge in [0.25, 0.3) is 0 Å². The van der Waals surface area contributed by atoms with Crippen LogP contribution in [0.1, 0.15) is 29.7 Å². The summed E-state index contributed by atoms with van der Waals surface area (Å²) in [7, 11) is 0. The second-order valence-corrected chi connectivity index (χ2v) is 6.76. The zero-order valence-corrected chi connectivity index (χ0v) is 13.4. The van der Waals surface area contributed by atoms with Gasteiger partial charge < -0.3 is 14.6 Å². The molecule has 1 fully saturated rings. The second-order valence-electron chi connectivity index (χ2n) is 5.84. The molecule has 21 heavy (non-hydrogen) atoms. The van der Waals surface area contributed by atoms with Crippen LogP contribution >= 0.6 is 15.9 Å². The first-order chi connectivity index (χ1) is 10.3. The molecule has 4 rings (SSSR count). The smallest absolute Gasteiger partial charge is 0.127 e. The van der Waals surface area contributed by atoms with E-state index in [-0.39, 0.29) is 0 Å². The summed E-state index contributed by atoms with van der Waals surface area (Å²) in [5, 5.41) is 3.49. The van der Waals surface area contributed by atoms with Crippen molar-refractivity contribution in [1.82, 2.24) is 14.9 Å². The minimum Gasteiger partial charge on any atom is -0.493 e. The Bertz CT molecular complexity index is 664. The van der Waals surface area contributed by atoms with Crippen molar-refractivity contribution in [2.45, 2.75) is 38.4 Å². The van der Waals surface area contributed by atoms with Crippen LogP contribution in [0.2, 0.25) is 0 Å². The third-order valence-electron chi connectivity index (χ3n) is 4.01. The molecule has 1 aromatic heterocycles. The van der Waals surface area contributed by atoms with Gasteiger partial charge >= 0.3 is 0 Å². The molecule has 1 aliphatic carbocycles. The maximum atomic E-state index is 5.78. The molecule has 0 unspecified atom stereocenters. The molecule has 0 radical (unpaired) electrons. The first-order valence-corrected chi connectivity index (χ1v) is 8.25. The first kappa shape index (κ1) is 13.3. The standard InChI is InChI=1S/C16H18BrN3O/c17-13-5-11-3-4-21-16(11)12(6-13)8-20-9-15(19-10-20)7-18-14-1-2-14/h5-6,9-10,14,18H,1-4,7-8H2. The van der Waals surface area contributed by atoms with Gasteiger partial charge in [-0.1, -0.05) is 15.9 Å². The van der Waals surface area contributed by atoms with Gasteiger partial charge in [-0.25, -0.2) is 4.98 Å². The molecule has 0 amide bonds. The third kappa shape index (κ3) is 2.99. The Kier molecular flexibility index (Phi) is 3.47. The lowest BCUT2D eigenvalue weighted by Crippen LogP contribution is -2.15. The Hall–Kier alpha value is -1.33. The normalized spacial score (nSPS) is 16.8. The first-order valence-electron chi connectivity index (χ1n) is 7.46. The summed E-state index contributed by atoms with van der Waals surface area (Å²) in [6, 6.07) is 5.02. The average molecular weight is 348 g/mol. The summed E-state index contributed by atoms with van der Waals surface area (Å²) >= 11 is 3.59. The van der Waals surface area contributed by atoms with Crippen molar-refractivity contribution in [3.8, 4) is 5.75 Å². The zero-order valence-electron chi connectivity index (χ0n) is 11.8. The number of imidazole rings is 1. The summed E-state index contributed by atoms with van der Waals surface area (Å²) in [4.78, 5) is 4.48. The molecule has 0 spiro atoms. The van der Waals surface area contributed by atoms with E-state index in [0.29, 0.717) is 0 Å². The number of fused-ring (bicyclic) bond motifs is 1.